The average molecular weight is 292 g/mol. The lowest BCUT2D eigenvalue weighted by molar-refractivity contribution is 0.116. The molecule has 2 nitrogen and oxygen atoms in total. The smallest absolute Gasteiger partial charge is 0.0510 e. The van der Waals surface area contributed by atoms with Crippen LogP contribution in [0, 0.1) is 5.92 Å². The largest absolute Gasteiger partial charge is 0.326 e. The molecule has 1 aliphatic carbocycles. The summed E-state index contributed by atoms with van der Waals surface area (Å²) in [5, 5.41) is 4.51. The first-order chi connectivity index (χ1) is 9.81. The SMILES string of the molecule is CCC(N)C(c1ccsc1)N1CCCC1C1CCCC1. The first-order valence-corrected chi connectivity index (χ1v) is 9.29. The highest BCUT2D eigenvalue weighted by atomic mass is 32.1. The van der Waals surface area contributed by atoms with Crippen LogP contribution < -0.4 is 5.73 Å². The Morgan fingerprint density at radius 1 is 1.30 bits per heavy atom. The zero-order valence-corrected chi connectivity index (χ0v) is 13.4. The Morgan fingerprint density at radius 2 is 2.10 bits per heavy atom. The lowest BCUT2D eigenvalue weighted by Gasteiger charge is -2.38. The van der Waals surface area contributed by atoms with E-state index in [-0.39, 0.29) is 6.04 Å². The number of nitrogens with two attached hydrogens (primary N) is 1. The van der Waals surface area contributed by atoms with E-state index in [0.717, 1.165) is 18.4 Å². The molecule has 1 aromatic rings. The summed E-state index contributed by atoms with van der Waals surface area (Å²) < 4.78 is 0. The van der Waals surface area contributed by atoms with Crippen molar-refractivity contribution < 1.29 is 0 Å². The van der Waals surface area contributed by atoms with Crippen molar-refractivity contribution >= 4 is 11.3 Å². The Hall–Kier alpha value is -0.380. The molecule has 2 aliphatic rings. The van der Waals surface area contributed by atoms with Crippen LogP contribution in [0.2, 0.25) is 0 Å². The quantitative estimate of drug-likeness (QED) is 0.882. The van der Waals surface area contributed by atoms with E-state index < -0.39 is 0 Å². The second-order valence-electron chi connectivity index (χ2n) is 6.57. The molecule has 0 aromatic carbocycles. The van der Waals surface area contributed by atoms with Gasteiger partial charge in [-0.3, -0.25) is 4.90 Å². The molecule has 3 unspecified atom stereocenters. The Morgan fingerprint density at radius 3 is 2.75 bits per heavy atom. The third-order valence-corrected chi connectivity index (χ3v) is 6.11. The normalized spacial score (nSPS) is 28.0. The van der Waals surface area contributed by atoms with Crippen molar-refractivity contribution in [1.29, 1.82) is 0 Å². The number of rotatable bonds is 5. The van der Waals surface area contributed by atoms with E-state index in [9.17, 15) is 0 Å². The van der Waals surface area contributed by atoms with Gasteiger partial charge in [-0.25, -0.2) is 0 Å². The predicted molar refractivity (Wildman–Crippen MR) is 87.0 cm³/mol. The fourth-order valence-electron chi connectivity index (χ4n) is 4.36. The van der Waals surface area contributed by atoms with Crippen LogP contribution in [0.25, 0.3) is 0 Å². The second-order valence-corrected chi connectivity index (χ2v) is 7.35. The fraction of sp³-hybridized carbons (Fsp3) is 0.765. The van der Waals surface area contributed by atoms with Crippen molar-refractivity contribution in [1.82, 2.24) is 4.90 Å². The second kappa shape index (κ2) is 6.59. The van der Waals surface area contributed by atoms with Crippen molar-refractivity contribution in [3.63, 3.8) is 0 Å². The molecule has 0 spiro atoms. The Labute approximate surface area is 127 Å². The van der Waals surface area contributed by atoms with Gasteiger partial charge in [0.1, 0.15) is 0 Å². The van der Waals surface area contributed by atoms with Crippen molar-refractivity contribution in [2.24, 2.45) is 11.7 Å². The maximum Gasteiger partial charge on any atom is 0.0510 e. The molecule has 3 atom stereocenters. The summed E-state index contributed by atoms with van der Waals surface area (Å²) in [4.78, 5) is 2.77. The molecular weight excluding hydrogens is 264 g/mol. The van der Waals surface area contributed by atoms with Gasteiger partial charge in [-0.2, -0.15) is 11.3 Å². The van der Waals surface area contributed by atoms with E-state index in [1.165, 1.54) is 50.6 Å². The number of hydrogen-bond acceptors (Lipinski definition) is 3. The zero-order chi connectivity index (χ0) is 13.9. The summed E-state index contributed by atoms with van der Waals surface area (Å²) in [7, 11) is 0. The molecule has 3 heteroatoms. The summed E-state index contributed by atoms with van der Waals surface area (Å²) in [5.41, 5.74) is 7.97. The lowest BCUT2D eigenvalue weighted by Crippen LogP contribution is -2.45. The maximum atomic E-state index is 6.51. The maximum absolute atomic E-state index is 6.51. The Kier molecular flexibility index (Phi) is 4.79. The van der Waals surface area contributed by atoms with Crippen LogP contribution in [-0.2, 0) is 0 Å². The Balaban J connectivity index is 1.82. The molecule has 3 rings (SSSR count). The van der Waals surface area contributed by atoms with Gasteiger partial charge in [0.2, 0.25) is 0 Å². The number of thiophene rings is 1. The summed E-state index contributed by atoms with van der Waals surface area (Å²) >= 11 is 1.81. The van der Waals surface area contributed by atoms with Crippen molar-refractivity contribution in [2.45, 2.75) is 70.0 Å². The van der Waals surface area contributed by atoms with E-state index in [1.54, 1.807) is 11.3 Å². The first kappa shape index (κ1) is 14.6. The third-order valence-electron chi connectivity index (χ3n) is 5.41. The molecule has 0 bridgehead atoms. The predicted octanol–water partition coefficient (Wildman–Crippen LogP) is 4.18. The van der Waals surface area contributed by atoms with Crippen LogP contribution in [0.4, 0.5) is 0 Å². The van der Waals surface area contributed by atoms with E-state index in [1.807, 2.05) is 0 Å². The molecule has 1 aliphatic heterocycles. The topological polar surface area (TPSA) is 29.3 Å². The molecule has 20 heavy (non-hydrogen) atoms. The highest BCUT2D eigenvalue weighted by Crippen LogP contribution is 2.40. The van der Waals surface area contributed by atoms with E-state index >= 15 is 0 Å². The molecule has 2 N–H and O–H groups in total. The monoisotopic (exact) mass is 292 g/mol. The van der Waals surface area contributed by atoms with Gasteiger partial charge in [0.15, 0.2) is 0 Å². The van der Waals surface area contributed by atoms with Crippen LogP contribution in [0.3, 0.4) is 0 Å². The van der Waals surface area contributed by atoms with Gasteiger partial charge in [-0.1, -0.05) is 19.8 Å². The number of hydrogen-bond donors (Lipinski definition) is 1. The lowest BCUT2D eigenvalue weighted by atomic mass is 9.92. The summed E-state index contributed by atoms with van der Waals surface area (Å²) in [6, 6.07) is 3.79. The van der Waals surface area contributed by atoms with Gasteiger partial charge < -0.3 is 5.73 Å². The van der Waals surface area contributed by atoms with Gasteiger partial charge in [-0.05, 0) is 67.0 Å². The molecular formula is C17H28N2S. The minimum Gasteiger partial charge on any atom is -0.326 e. The minimum atomic E-state index is 0.270. The molecule has 2 heterocycles. The van der Waals surface area contributed by atoms with Crippen LogP contribution >= 0.6 is 11.3 Å². The van der Waals surface area contributed by atoms with E-state index in [0.29, 0.717) is 6.04 Å². The van der Waals surface area contributed by atoms with Crippen LogP contribution in [0.15, 0.2) is 16.8 Å². The first-order valence-electron chi connectivity index (χ1n) is 8.34. The van der Waals surface area contributed by atoms with Gasteiger partial charge in [0.05, 0.1) is 6.04 Å². The summed E-state index contributed by atoms with van der Waals surface area (Å²) in [5.74, 6) is 0.933. The molecule has 2 fully saturated rings. The van der Waals surface area contributed by atoms with Crippen molar-refractivity contribution in [2.75, 3.05) is 6.54 Å². The summed E-state index contributed by atoms with van der Waals surface area (Å²) in [6.45, 7) is 3.47. The molecule has 112 valence electrons. The Bertz CT molecular complexity index is 397. The van der Waals surface area contributed by atoms with Crippen LogP contribution in [-0.4, -0.2) is 23.5 Å². The van der Waals surface area contributed by atoms with E-state index in [4.69, 9.17) is 5.73 Å². The number of nitrogens with zero attached hydrogens (tertiary/aromatic N) is 1. The van der Waals surface area contributed by atoms with Crippen LogP contribution in [0.1, 0.15) is 63.5 Å². The molecule has 1 saturated heterocycles. The van der Waals surface area contributed by atoms with Gasteiger partial charge in [0.25, 0.3) is 0 Å². The van der Waals surface area contributed by atoms with E-state index in [2.05, 4.69) is 28.7 Å². The zero-order valence-electron chi connectivity index (χ0n) is 12.6. The highest BCUT2D eigenvalue weighted by Gasteiger charge is 2.39. The van der Waals surface area contributed by atoms with Crippen LogP contribution in [0.5, 0.6) is 0 Å². The summed E-state index contributed by atoms with van der Waals surface area (Å²) in [6.07, 6.45) is 9.59. The van der Waals surface area contributed by atoms with Gasteiger partial charge >= 0.3 is 0 Å². The van der Waals surface area contributed by atoms with Crippen molar-refractivity contribution in [3.05, 3.63) is 22.4 Å². The minimum absolute atomic E-state index is 0.270. The van der Waals surface area contributed by atoms with Crippen molar-refractivity contribution in [3.8, 4) is 0 Å². The highest BCUT2D eigenvalue weighted by molar-refractivity contribution is 7.07. The fourth-order valence-corrected chi connectivity index (χ4v) is 5.05. The number of likely N-dealkylation sites (tertiary alicyclic amines) is 1. The standard InChI is InChI=1S/C17H28N2S/c1-2-15(18)17(14-9-11-20-12-14)19-10-5-8-16(19)13-6-3-4-7-13/h9,11-13,15-17H,2-8,10,18H2,1H3. The molecule has 0 radical (unpaired) electrons. The average Bonchev–Trinajstić information content (AvgIpc) is 3.20. The molecule has 1 aromatic heterocycles. The third kappa shape index (κ3) is 2.81. The molecule has 0 amide bonds. The van der Waals surface area contributed by atoms with Gasteiger partial charge in [-0.15, -0.1) is 0 Å². The molecule has 1 saturated carbocycles. The van der Waals surface area contributed by atoms with Gasteiger partial charge in [0, 0.05) is 12.1 Å².